The maximum absolute atomic E-state index is 14.5. The number of nitrogens with zero attached hydrogens (tertiary/aromatic N) is 1. The number of carbonyl (C=O) groups is 2. The first-order valence-electron chi connectivity index (χ1n) is 13.3. The van der Waals surface area contributed by atoms with Crippen molar-refractivity contribution in [2.45, 2.75) is 111 Å². The van der Waals surface area contributed by atoms with Gasteiger partial charge in [-0.25, -0.2) is 0 Å². The van der Waals surface area contributed by atoms with Gasteiger partial charge in [-0.1, -0.05) is 97.6 Å². The fraction of sp³-hybridized carbons (Fsp3) is 0.600. The summed E-state index contributed by atoms with van der Waals surface area (Å²) in [6.07, 6.45) is 8.67. The maximum atomic E-state index is 14.5. The molecule has 0 heterocycles. The summed E-state index contributed by atoms with van der Waals surface area (Å²) in [5.74, 6) is 0.380. The van der Waals surface area contributed by atoms with Crippen molar-refractivity contribution in [3.8, 4) is 0 Å². The Morgan fingerprint density at radius 1 is 0.758 bits per heavy atom. The summed E-state index contributed by atoms with van der Waals surface area (Å²) in [6.45, 7) is 12.9. The van der Waals surface area contributed by atoms with Gasteiger partial charge in [0.05, 0.1) is 5.56 Å². The number of Topliss-reactive ketones (excluding diaryl/α,β-unsaturated/α-hetero) is 1. The molecule has 2 rings (SSSR count). The lowest BCUT2D eigenvalue weighted by Crippen LogP contribution is -2.47. The molecule has 0 aliphatic rings. The summed E-state index contributed by atoms with van der Waals surface area (Å²) >= 11 is 0. The van der Waals surface area contributed by atoms with Crippen LogP contribution >= 0.6 is 0 Å². The quantitative estimate of drug-likeness (QED) is 0.270. The highest BCUT2D eigenvalue weighted by atomic mass is 16.2. The molecule has 0 bridgehead atoms. The molecule has 2 aromatic carbocycles. The molecule has 3 nitrogen and oxygen atoms in total. The number of ketones is 1. The zero-order valence-corrected chi connectivity index (χ0v) is 21.8. The highest BCUT2D eigenvalue weighted by Gasteiger charge is 2.33. The van der Waals surface area contributed by atoms with E-state index >= 15 is 0 Å². The lowest BCUT2D eigenvalue weighted by atomic mass is 9.90. The van der Waals surface area contributed by atoms with E-state index < -0.39 is 0 Å². The summed E-state index contributed by atoms with van der Waals surface area (Å²) < 4.78 is 0. The normalized spacial score (nSPS) is 11.7. The molecule has 0 fully saturated rings. The van der Waals surface area contributed by atoms with Crippen LogP contribution in [-0.2, 0) is 0 Å². The van der Waals surface area contributed by atoms with Crippen molar-refractivity contribution in [3.05, 3.63) is 47.5 Å². The van der Waals surface area contributed by atoms with Crippen LogP contribution in [0, 0.1) is 5.92 Å². The van der Waals surface area contributed by atoms with E-state index in [1.807, 2.05) is 36.4 Å². The summed E-state index contributed by atoms with van der Waals surface area (Å²) in [5.41, 5.74) is 1.21. The van der Waals surface area contributed by atoms with E-state index in [0.717, 1.165) is 62.1 Å². The van der Waals surface area contributed by atoms with Crippen LogP contribution in [0.5, 0.6) is 0 Å². The van der Waals surface area contributed by atoms with Gasteiger partial charge in [0.2, 0.25) is 0 Å². The lowest BCUT2D eigenvalue weighted by Gasteiger charge is -2.39. The van der Waals surface area contributed by atoms with E-state index in [9.17, 15) is 9.59 Å². The van der Waals surface area contributed by atoms with Crippen molar-refractivity contribution < 1.29 is 9.59 Å². The minimum absolute atomic E-state index is 0.0534. The number of amides is 1. The second kappa shape index (κ2) is 13.5. The Hall–Kier alpha value is -2.16. The first-order chi connectivity index (χ1) is 15.9. The average Bonchev–Trinajstić information content (AvgIpc) is 2.78. The van der Waals surface area contributed by atoms with Gasteiger partial charge < -0.3 is 4.90 Å². The third-order valence-corrected chi connectivity index (χ3v) is 6.55. The van der Waals surface area contributed by atoms with Gasteiger partial charge in [0.15, 0.2) is 5.78 Å². The molecule has 2 aromatic rings. The third kappa shape index (κ3) is 6.91. The molecule has 0 unspecified atom stereocenters. The molecule has 0 atom stereocenters. The smallest absolute Gasteiger partial charge is 0.255 e. The number of benzene rings is 2. The Morgan fingerprint density at radius 3 is 1.76 bits per heavy atom. The number of fused-ring (bicyclic) bond motifs is 1. The number of hydrogen-bond donors (Lipinski definition) is 0. The van der Waals surface area contributed by atoms with E-state index in [0.29, 0.717) is 17.5 Å². The minimum atomic E-state index is 0.0534. The highest BCUT2D eigenvalue weighted by Crippen LogP contribution is 2.31. The van der Waals surface area contributed by atoms with Crippen LogP contribution in [0.1, 0.15) is 120 Å². The SMILES string of the molecule is CCCC(CCC)N(C(=O)c1c(C(=O)CC(C)C)ccc2ccccc12)C(CCC)CCC. The molecule has 0 spiro atoms. The largest absolute Gasteiger partial charge is 0.333 e. The Balaban J connectivity index is 2.73. The van der Waals surface area contributed by atoms with Gasteiger partial charge in [-0.3, -0.25) is 9.59 Å². The second-order valence-electron chi connectivity index (χ2n) is 9.91. The van der Waals surface area contributed by atoms with Crippen LogP contribution in [-0.4, -0.2) is 28.7 Å². The molecule has 0 N–H and O–H groups in total. The molecule has 3 heteroatoms. The molecule has 33 heavy (non-hydrogen) atoms. The summed E-state index contributed by atoms with van der Waals surface area (Å²) in [7, 11) is 0. The summed E-state index contributed by atoms with van der Waals surface area (Å²) in [5, 5.41) is 1.92. The molecule has 0 saturated heterocycles. The van der Waals surface area contributed by atoms with Gasteiger partial charge in [-0.05, 0) is 48.4 Å². The molecular weight excluding hydrogens is 406 g/mol. The Morgan fingerprint density at radius 2 is 1.27 bits per heavy atom. The van der Waals surface area contributed by atoms with Gasteiger partial charge in [-0.15, -0.1) is 0 Å². The van der Waals surface area contributed by atoms with Gasteiger partial charge in [-0.2, -0.15) is 0 Å². The van der Waals surface area contributed by atoms with E-state index in [4.69, 9.17) is 0 Å². The van der Waals surface area contributed by atoms with Crippen LogP contribution in [0.3, 0.4) is 0 Å². The summed E-state index contributed by atoms with van der Waals surface area (Å²) in [4.78, 5) is 30.0. The van der Waals surface area contributed by atoms with E-state index in [1.165, 1.54) is 0 Å². The molecule has 0 radical (unpaired) electrons. The molecule has 0 aliphatic carbocycles. The van der Waals surface area contributed by atoms with E-state index in [-0.39, 0.29) is 29.7 Å². The number of carbonyl (C=O) groups excluding carboxylic acids is 2. The molecule has 0 saturated carbocycles. The fourth-order valence-electron chi connectivity index (χ4n) is 5.15. The van der Waals surface area contributed by atoms with Crippen LogP contribution in [0.25, 0.3) is 10.8 Å². The minimum Gasteiger partial charge on any atom is -0.333 e. The van der Waals surface area contributed by atoms with Crippen molar-refractivity contribution >= 4 is 22.5 Å². The maximum Gasteiger partial charge on any atom is 0.255 e. The van der Waals surface area contributed by atoms with Gasteiger partial charge in [0.1, 0.15) is 0 Å². The van der Waals surface area contributed by atoms with Gasteiger partial charge in [0, 0.05) is 24.1 Å². The lowest BCUT2D eigenvalue weighted by molar-refractivity contribution is 0.0509. The number of hydrogen-bond acceptors (Lipinski definition) is 2. The van der Waals surface area contributed by atoms with Crippen LogP contribution in [0.2, 0.25) is 0 Å². The molecular formula is C30H45NO2. The van der Waals surface area contributed by atoms with Crippen molar-refractivity contribution in [1.82, 2.24) is 4.90 Å². The zero-order valence-electron chi connectivity index (χ0n) is 21.8. The monoisotopic (exact) mass is 451 g/mol. The predicted molar refractivity (Wildman–Crippen MR) is 141 cm³/mol. The average molecular weight is 452 g/mol. The first kappa shape index (κ1) is 27.1. The summed E-state index contributed by atoms with van der Waals surface area (Å²) in [6, 6.07) is 12.3. The Bertz CT molecular complexity index is 873. The van der Waals surface area contributed by atoms with Gasteiger partial charge in [0.25, 0.3) is 5.91 Å². The van der Waals surface area contributed by atoms with Crippen LogP contribution in [0.4, 0.5) is 0 Å². The van der Waals surface area contributed by atoms with Crippen LogP contribution in [0.15, 0.2) is 36.4 Å². The van der Waals surface area contributed by atoms with Gasteiger partial charge >= 0.3 is 0 Å². The highest BCUT2D eigenvalue weighted by molar-refractivity contribution is 6.16. The molecule has 0 aliphatic heterocycles. The fourth-order valence-corrected chi connectivity index (χ4v) is 5.15. The third-order valence-electron chi connectivity index (χ3n) is 6.55. The number of rotatable bonds is 14. The van der Waals surface area contributed by atoms with Crippen molar-refractivity contribution in [2.24, 2.45) is 5.92 Å². The van der Waals surface area contributed by atoms with Crippen molar-refractivity contribution in [2.75, 3.05) is 0 Å². The van der Waals surface area contributed by atoms with E-state index in [2.05, 4.69) is 46.4 Å². The standard InChI is InChI=1S/C30H45NO2/c1-7-13-24(14-8-2)31(25(15-9-3)16-10-4)30(33)29-26-18-12-11-17-23(26)19-20-27(29)28(32)21-22(5)6/h11-12,17-20,22,24-25H,7-10,13-16,21H2,1-6H3. The van der Waals surface area contributed by atoms with E-state index in [1.54, 1.807) is 0 Å². The zero-order chi connectivity index (χ0) is 24.4. The second-order valence-corrected chi connectivity index (χ2v) is 9.91. The first-order valence-corrected chi connectivity index (χ1v) is 13.3. The topological polar surface area (TPSA) is 37.4 Å². The Kier molecular flexibility index (Phi) is 11.1. The molecule has 1 amide bonds. The molecule has 182 valence electrons. The van der Waals surface area contributed by atoms with Crippen LogP contribution < -0.4 is 0 Å². The van der Waals surface area contributed by atoms with Crippen molar-refractivity contribution in [3.63, 3.8) is 0 Å². The Labute approximate surface area is 201 Å². The van der Waals surface area contributed by atoms with Crippen molar-refractivity contribution in [1.29, 1.82) is 0 Å². The molecule has 0 aromatic heterocycles. The predicted octanol–water partition coefficient (Wildman–Crippen LogP) is 8.45.